The van der Waals surface area contributed by atoms with Crippen LogP contribution in [-0.2, 0) is 11.3 Å². The fourth-order valence-electron chi connectivity index (χ4n) is 2.34. The minimum atomic E-state index is -1.50. The van der Waals surface area contributed by atoms with Gasteiger partial charge in [0.25, 0.3) is 5.56 Å². The molecule has 1 saturated heterocycles. The van der Waals surface area contributed by atoms with Gasteiger partial charge >= 0.3 is 5.69 Å². The van der Waals surface area contributed by atoms with Gasteiger partial charge in [-0.05, 0) is 0 Å². The van der Waals surface area contributed by atoms with Gasteiger partial charge in [0, 0.05) is 0 Å². The van der Waals surface area contributed by atoms with Crippen LogP contribution in [0.25, 0.3) is 0 Å². The summed E-state index contributed by atoms with van der Waals surface area (Å²) in [6, 6.07) is 0. The molecule has 0 saturated carbocycles. The van der Waals surface area contributed by atoms with Crippen molar-refractivity contribution in [3.8, 4) is 30.4 Å². The van der Waals surface area contributed by atoms with Crippen molar-refractivity contribution in [3.63, 3.8) is 0 Å². The highest BCUT2D eigenvalue weighted by molar-refractivity contribution is 5.16. The number of hydrogen-bond donors (Lipinski definition) is 3. The van der Waals surface area contributed by atoms with Crippen LogP contribution >= 0.6 is 0 Å². The van der Waals surface area contributed by atoms with Crippen molar-refractivity contribution in [2.45, 2.75) is 31.1 Å². The maximum absolute atomic E-state index is 12.4. The molecule has 0 aliphatic carbocycles. The van der Waals surface area contributed by atoms with E-state index in [1.54, 1.807) is 0 Å². The van der Waals surface area contributed by atoms with Crippen molar-refractivity contribution >= 4 is 0 Å². The third kappa shape index (κ3) is 3.07. The summed E-state index contributed by atoms with van der Waals surface area (Å²) < 4.78 is 12.0. The molecular weight excluding hydrogens is 320 g/mol. The lowest BCUT2D eigenvalue weighted by Crippen LogP contribution is -2.43. The first-order valence-electron chi connectivity index (χ1n) is 6.94. The van der Waals surface area contributed by atoms with Crippen LogP contribution < -0.4 is 16.0 Å². The highest BCUT2D eigenvalue weighted by Gasteiger charge is 2.44. The molecule has 0 unspecified atom stereocenters. The summed E-state index contributed by atoms with van der Waals surface area (Å²) in [6.45, 7) is -1.12. The van der Waals surface area contributed by atoms with Crippen LogP contribution in [0.3, 0.4) is 0 Å². The third-order valence-electron chi connectivity index (χ3n) is 3.52. The van der Waals surface area contributed by atoms with E-state index in [1.807, 2.05) is 0 Å². The molecule has 2 heterocycles. The third-order valence-corrected chi connectivity index (χ3v) is 3.52. The summed E-state index contributed by atoms with van der Waals surface area (Å²) >= 11 is 0. The van der Waals surface area contributed by atoms with Gasteiger partial charge < -0.3 is 24.8 Å². The molecule has 4 atom stereocenters. The summed E-state index contributed by atoms with van der Waals surface area (Å²) in [5.74, 6) is 4.08. The summed E-state index contributed by atoms with van der Waals surface area (Å²) in [5, 5.41) is 29.0. The molecule has 1 aliphatic rings. The average Bonchev–Trinajstić information content (AvgIpc) is 2.86. The number of nitrogens with zero attached hydrogens (tertiary/aromatic N) is 2. The Labute approximate surface area is 136 Å². The van der Waals surface area contributed by atoms with Crippen LogP contribution in [0.4, 0.5) is 0 Å². The molecule has 0 radical (unpaired) electrons. The first kappa shape index (κ1) is 17.8. The summed E-state index contributed by atoms with van der Waals surface area (Å²) in [7, 11) is 0. The predicted octanol–water partition coefficient (Wildman–Crippen LogP) is -2.73. The molecule has 3 N–H and O–H groups in total. The Kier molecular flexibility index (Phi) is 5.44. The zero-order valence-corrected chi connectivity index (χ0v) is 12.5. The molecular formula is C15H16N2O7. The van der Waals surface area contributed by atoms with Gasteiger partial charge in [-0.1, -0.05) is 11.8 Å². The van der Waals surface area contributed by atoms with E-state index in [4.69, 9.17) is 27.4 Å². The maximum atomic E-state index is 12.4. The van der Waals surface area contributed by atoms with E-state index in [0.29, 0.717) is 4.57 Å². The average molecular weight is 336 g/mol. The quantitative estimate of drug-likeness (QED) is 0.499. The van der Waals surface area contributed by atoms with Crippen LogP contribution in [0.2, 0.25) is 0 Å². The second kappa shape index (κ2) is 7.34. The number of terminal acetylenes is 2. The standard InChI is InChI=1S/C15H16N2O7/c1-3-5-16-13(21)9(23-6-4-2)7-17(15(16)22)14-12(20)11(19)10(8-18)24-14/h1-2,7,10-12,14,18-20H,5-6,8H2/t10-,11-,12+,14-/m1/s1. The van der Waals surface area contributed by atoms with Crippen LogP contribution in [0.1, 0.15) is 6.23 Å². The molecule has 1 aromatic heterocycles. The Balaban J connectivity index is 2.56. The summed E-state index contributed by atoms with van der Waals surface area (Å²) in [4.78, 5) is 24.6. The Morgan fingerprint density at radius 2 is 1.96 bits per heavy atom. The van der Waals surface area contributed by atoms with Crippen LogP contribution in [0, 0.1) is 24.7 Å². The molecule has 0 amide bonds. The lowest BCUT2D eigenvalue weighted by atomic mass is 10.1. The zero-order chi connectivity index (χ0) is 17.9. The first-order valence-corrected chi connectivity index (χ1v) is 6.94. The van der Waals surface area contributed by atoms with E-state index in [-0.39, 0.29) is 18.9 Å². The van der Waals surface area contributed by atoms with Crippen molar-refractivity contribution in [2.75, 3.05) is 13.2 Å². The van der Waals surface area contributed by atoms with Gasteiger partial charge in [-0.15, -0.1) is 12.8 Å². The predicted molar refractivity (Wildman–Crippen MR) is 81.1 cm³/mol. The first-order chi connectivity index (χ1) is 11.5. The van der Waals surface area contributed by atoms with E-state index in [9.17, 15) is 19.8 Å². The largest absolute Gasteiger partial charge is 0.474 e. The second-order valence-electron chi connectivity index (χ2n) is 5.00. The SMILES string of the molecule is C#CCOc1cn([C@@H]2O[C@H](CO)[C@@H](O)[C@@H]2O)c(=O)n(CC#C)c1=O. The monoisotopic (exact) mass is 336 g/mol. The fourth-order valence-corrected chi connectivity index (χ4v) is 2.34. The molecule has 2 rings (SSSR count). The van der Waals surface area contributed by atoms with Crippen LogP contribution in [0.5, 0.6) is 5.75 Å². The fraction of sp³-hybridized carbons (Fsp3) is 0.467. The summed E-state index contributed by atoms with van der Waals surface area (Å²) in [5.41, 5.74) is -1.64. The minimum absolute atomic E-state index is 0.223. The molecule has 1 fully saturated rings. The topological polar surface area (TPSA) is 123 Å². The molecule has 0 spiro atoms. The Bertz CT molecular complexity index is 798. The zero-order valence-electron chi connectivity index (χ0n) is 12.5. The normalized spacial score (nSPS) is 25.9. The van der Waals surface area contributed by atoms with Gasteiger partial charge in [-0.25, -0.2) is 9.36 Å². The molecule has 9 heteroatoms. The van der Waals surface area contributed by atoms with E-state index in [1.165, 1.54) is 0 Å². The van der Waals surface area contributed by atoms with Gasteiger partial charge in [0.15, 0.2) is 6.23 Å². The van der Waals surface area contributed by atoms with E-state index >= 15 is 0 Å². The molecule has 0 aromatic carbocycles. The number of aromatic nitrogens is 2. The van der Waals surface area contributed by atoms with Crippen molar-refractivity contribution in [1.82, 2.24) is 9.13 Å². The van der Waals surface area contributed by atoms with Gasteiger partial charge in [-0.2, -0.15) is 0 Å². The number of hydrogen-bond acceptors (Lipinski definition) is 7. The number of aliphatic hydroxyl groups is 3. The summed E-state index contributed by atoms with van der Waals surface area (Å²) in [6.07, 6.45) is 5.94. The van der Waals surface area contributed by atoms with Crippen molar-refractivity contribution in [1.29, 1.82) is 0 Å². The smallest absolute Gasteiger partial charge is 0.334 e. The van der Waals surface area contributed by atoms with Crippen LogP contribution in [-0.4, -0.2) is 56.0 Å². The highest BCUT2D eigenvalue weighted by Crippen LogP contribution is 2.28. The Morgan fingerprint density at radius 1 is 1.25 bits per heavy atom. The molecule has 1 aliphatic heterocycles. The van der Waals surface area contributed by atoms with Gasteiger partial charge in [0.05, 0.1) is 19.3 Å². The molecule has 9 nitrogen and oxygen atoms in total. The Morgan fingerprint density at radius 3 is 2.50 bits per heavy atom. The highest BCUT2D eigenvalue weighted by atomic mass is 16.6. The second-order valence-corrected chi connectivity index (χ2v) is 5.00. The van der Waals surface area contributed by atoms with Crippen molar-refractivity contribution in [3.05, 3.63) is 27.0 Å². The number of aliphatic hydroxyl groups excluding tert-OH is 3. The van der Waals surface area contributed by atoms with E-state index in [2.05, 4.69) is 11.8 Å². The molecule has 128 valence electrons. The number of ether oxygens (including phenoxy) is 2. The van der Waals surface area contributed by atoms with E-state index < -0.39 is 42.4 Å². The van der Waals surface area contributed by atoms with Crippen LogP contribution in [0.15, 0.2) is 15.8 Å². The van der Waals surface area contributed by atoms with Crippen molar-refractivity contribution < 1.29 is 24.8 Å². The molecule has 24 heavy (non-hydrogen) atoms. The molecule has 0 bridgehead atoms. The van der Waals surface area contributed by atoms with E-state index in [0.717, 1.165) is 10.8 Å². The minimum Gasteiger partial charge on any atom is -0.474 e. The van der Waals surface area contributed by atoms with Gasteiger partial charge in [-0.3, -0.25) is 9.36 Å². The molecule has 1 aromatic rings. The lowest BCUT2D eigenvalue weighted by molar-refractivity contribution is -0.0558. The van der Waals surface area contributed by atoms with Gasteiger partial charge in [0.1, 0.15) is 24.9 Å². The van der Waals surface area contributed by atoms with Gasteiger partial charge in [0.2, 0.25) is 5.75 Å². The Hall–Kier alpha value is -2.56. The lowest BCUT2D eigenvalue weighted by Gasteiger charge is -2.19. The number of rotatable bonds is 5. The van der Waals surface area contributed by atoms with Crippen molar-refractivity contribution in [2.24, 2.45) is 0 Å². The maximum Gasteiger partial charge on any atom is 0.334 e.